The molecule has 2 aromatic carbocycles. The van der Waals surface area contributed by atoms with Gasteiger partial charge in [-0.25, -0.2) is 17.2 Å². The van der Waals surface area contributed by atoms with Gasteiger partial charge in [-0.3, -0.25) is 4.79 Å². The molecule has 0 unspecified atom stereocenters. The smallest absolute Gasteiger partial charge is 0.255 e. The molecule has 9 heteroatoms. The number of halogens is 3. The van der Waals surface area contributed by atoms with Crippen LogP contribution in [0.25, 0.3) is 0 Å². The number of hydrogen-bond donors (Lipinski definition) is 1. The number of sulfonamides is 1. The van der Waals surface area contributed by atoms with Crippen LogP contribution in [0.4, 0.5) is 14.5 Å². The minimum Gasteiger partial charge on any atom is -0.319 e. The zero-order valence-corrected chi connectivity index (χ0v) is 16.5. The summed E-state index contributed by atoms with van der Waals surface area (Å²) in [5, 5.41) is 2.25. The average molecular weight is 429 g/mol. The van der Waals surface area contributed by atoms with Gasteiger partial charge in [0.2, 0.25) is 10.0 Å². The van der Waals surface area contributed by atoms with Crippen LogP contribution >= 0.6 is 11.6 Å². The average Bonchev–Trinajstić information content (AvgIpc) is 2.95. The minimum atomic E-state index is -3.87. The number of rotatable bonds is 4. The lowest BCUT2D eigenvalue weighted by molar-refractivity contribution is 0.102. The Morgan fingerprint density at radius 3 is 2.36 bits per heavy atom. The summed E-state index contributed by atoms with van der Waals surface area (Å²) in [7, 11) is -3.87. The topological polar surface area (TPSA) is 66.5 Å². The molecule has 0 atom stereocenters. The highest BCUT2D eigenvalue weighted by Gasteiger charge is 2.28. The van der Waals surface area contributed by atoms with Crippen LogP contribution < -0.4 is 5.32 Å². The predicted octanol–water partition coefficient (Wildman–Crippen LogP) is 4.44. The molecule has 0 radical (unpaired) electrons. The molecule has 28 heavy (non-hydrogen) atoms. The highest BCUT2D eigenvalue weighted by Crippen LogP contribution is 2.28. The van der Waals surface area contributed by atoms with Crippen LogP contribution in [0.2, 0.25) is 5.02 Å². The summed E-state index contributed by atoms with van der Waals surface area (Å²) in [4.78, 5) is 12.3. The van der Waals surface area contributed by atoms with E-state index in [1.165, 1.54) is 16.4 Å². The van der Waals surface area contributed by atoms with Gasteiger partial charge >= 0.3 is 0 Å². The third-order valence-corrected chi connectivity index (χ3v) is 6.93. The molecule has 150 valence electrons. The van der Waals surface area contributed by atoms with Gasteiger partial charge < -0.3 is 5.32 Å². The van der Waals surface area contributed by atoms with Gasteiger partial charge in [-0.1, -0.05) is 24.4 Å². The van der Waals surface area contributed by atoms with Gasteiger partial charge in [-0.05, 0) is 43.2 Å². The first-order valence-electron chi connectivity index (χ1n) is 8.85. The maximum atomic E-state index is 13.8. The molecule has 1 N–H and O–H groups in total. The van der Waals surface area contributed by atoms with Crippen LogP contribution in [0, 0.1) is 11.6 Å². The molecule has 1 aliphatic heterocycles. The second-order valence-corrected chi connectivity index (χ2v) is 8.86. The van der Waals surface area contributed by atoms with E-state index in [9.17, 15) is 22.0 Å². The number of carbonyl (C=O) groups is 1. The van der Waals surface area contributed by atoms with E-state index in [0.717, 1.165) is 49.9 Å². The van der Waals surface area contributed by atoms with Crippen LogP contribution in [0.1, 0.15) is 36.0 Å². The van der Waals surface area contributed by atoms with E-state index in [1.54, 1.807) is 0 Å². The van der Waals surface area contributed by atoms with Crippen molar-refractivity contribution in [2.75, 3.05) is 18.4 Å². The van der Waals surface area contributed by atoms with Crippen molar-refractivity contribution in [2.24, 2.45) is 0 Å². The molecular weight excluding hydrogens is 410 g/mol. The van der Waals surface area contributed by atoms with E-state index in [4.69, 9.17) is 11.6 Å². The van der Waals surface area contributed by atoms with Crippen molar-refractivity contribution < 1.29 is 22.0 Å². The van der Waals surface area contributed by atoms with Gasteiger partial charge in [-0.15, -0.1) is 0 Å². The van der Waals surface area contributed by atoms with Crippen molar-refractivity contribution in [3.8, 4) is 0 Å². The number of benzene rings is 2. The summed E-state index contributed by atoms with van der Waals surface area (Å²) >= 11 is 6.10. The molecule has 0 spiro atoms. The molecule has 1 fully saturated rings. The van der Waals surface area contributed by atoms with E-state index >= 15 is 0 Å². The second kappa shape index (κ2) is 8.55. The lowest BCUT2D eigenvalue weighted by Gasteiger charge is -2.21. The monoisotopic (exact) mass is 428 g/mol. The Morgan fingerprint density at radius 2 is 1.68 bits per heavy atom. The Morgan fingerprint density at radius 1 is 1.00 bits per heavy atom. The quantitative estimate of drug-likeness (QED) is 0.783. The summed E-state index contributed by atoms with van der Waals surface area (Å²) in [6, 6.07) is 6.47. The van der Waals surface area contributed by atoms with E-state index in [-0.39, 0.29) is 21.2 Å². The van der Waals surface area contributed by atoms with Gasteiger partial charge in [0, 0.05) is 24.7 Å². The fourth-order valence-corrected chi connectivity index (χ4v) is 5.07. The van der Waals surface area contributed by atoms with Crippen molar-refractivity contribution in [1.82, 2.24) is 4.31 Å². The SMILES string of the molecule is O=C(Nc1cc(F)ccc1F)c1ccc(Cl)c(S(=O)(=O)N2CCCCCC2)c1. The van der Waals surface area contributed by atoms with E-state index in [2.05, 4.69) is 5.32 Å². The van der Waals surface area contributed by atoms with Crippen molar-refractivity contribution in [3.05, 3.63) is 58.6 Å². The summed E-state index contributed by atoms with van der Waals surface area (Å²) < 4.78 is 54.4. The predicted molar refractivity (Wildman–Crippen MR) is 103 cm³/mol. The van der Waals surface area contributed by atoms with Crippen molar-refractivity contribution in [3.63, 3.8) is 0 Å². The van der Waals surface area contributed by atoms with Gasteiger partial charge in [0.05, 0.1) is 10.7 Å². The molecule has 0 aliphatic carbocycles. The van der Waals surface area contributed by atoms with E-state index in [0.29, 0.717) is 13.1 Å². The fourth-order valence-electron chi connectivity index (χ4n) is 3.05. The molecule has 1 amide bonds. The Balaban J connectivity index is 1.90. The number of hydrogen-bond acceptors (Lipinski definition) is 3. The molecule has 3 rings (SSSR count). The van der Waals surface area contributed by atoms with E-state index < -0.39 is 27.6 Å². The third kappa shape index (κ3) is 4.51. The lowest BCUT2D eigenvalue weighted by atomic mass is 10.2. The largest absolute Gasteiger partial charge is 0.319 e. The summed E-state index contributed by atoms with van der Waals surface area (Å²) in [5.41, 5.74) is -0.363. The first-order chi connectivity index (χ1) is 13.3. The van der Waals surface area contributed by atoms with Gasteiger partial charge in [0.1, 0.15) is 16.5 Å². The zero-order chi connectivity index (χ0) is 20.3. The molecule has 1 heterocycles. The minimum absolute atomic E-state index is 0.00210. The number of anilines is 1. The Labute approximate surface area is 167 Å². The summed E-state index contributed by atoms with van der Waals surface area (Å²) in [6.45, 7) is 0.785. The van der Waals surface area contributed by atoms with Gasteiger partial charge in [-0.2, -0.15) is 4.31 Å². The van der Waals surface area contributed by atoms with Crippen LogP contribution in [-0.4, -0.2) is 31.7 Å². The van der Waals surface area contributed by atoms with E-state index in [1.807, 2.05) is 0 Å². The molecule has 5 nitrogen and oxygen atoms in total. The number of amides is 1. The summed E-state index contributed by atoms with van der Waals surface area (Å²) in [6.07, 6.45) is 3.44. The highest BCUT2D eigenvalue weighted by molar-refractivity contribution is 7.89. The zero-order valence-electron chi connectivity index (χ0n) is 14.9. The van der Waals surface area contributed by atoms with Crippen molar-refractivity contribution in [1.29, 1.82) is 0 Å². The van der Waals surface area contributed by atoms with Crippen LogP contribution in [-0.2, 0) is 10.0 Å². The second-order valence-electron chi connectivity index (χ2n) is 6.54. The molecular formula is C19H19ClF2N2O3S. The third-order valence-electron chi connectivity index (χ3n) is 4.55. The maximum absolute atomic E-state index is 13.8. The number of carbonyl (C=O) groups excluding carboxylic acids is 1. The first kappa shape index (κ1) is 20.7. The highest BCUT2D eigenvalue weighted by atomic mass is 35.5. The molecule has 2 aromatic rings. The Kier molecular flexibility index (Phi) is 6.32. The lowest BCUT2D eigenvalue weighted by Crippen LogP contribution is -2.32. The Bertz CT molecular complexity index is 991. The Hall–Kier alpha value is -2.03. The van der Waals surface area contributed by atoms with Crippen molar-refractivity contribution >= 4 is 33.2 Å². The molecule has 1 saturated heterocycles. The molecule has 0 aromatic heterocycles. The normalized spacial score (nSPS) is 15.8. The van der Waals surface area contributed by atoms with Crippen LogP contribution in [0.3, 0.4) is 0 Å². The number of nitrogens with one attached hydrogen (secondary N) is 1. The summed E-state index contributed by atoms with van der Waals surface area (Å²) in [5.74, 6) is -2.29. The maximum Gasteiger partial charge on any atom is 0.255 e. The number of nitrogens with zero attached hydrogens (tertiary/aromatic N) is 1. The van der Waals surface area contributed by atoms with Gasteiger partial charge in [0.15, 0.2) is 0 Å². The van der Waals surface area contributed by atoms with Crippen LogP contribution in [0.5, 0.6) is 0 Å². The molecule has 0 bridgehead atoms. The first-order valence-corrected chi connectivity index (χ1v) is 10.7. The fraction of sp³-hybridized carbons (Fsp3) is 0.316. The standard InChI is InChI=1S/C19H19ClF2N2O3S/c20-15-7-5-13(19(25)23-17-12-14(21)6-8-16(17)22)11-18(15)28(26,27)24-9-3-1-2-4-10-24/h5-8,11-12H,1-4,9-10H2,(H,23,25). The van der Waals surface area contributed by atoms with Gasteiger partial charge in [0.25, 0.3) is 5.91 Å². The van der Waals surface area contributed by atoms with Crippen LogP contribution in [0.15, 0.2) is 41.3 Å². The molecule has 0 saturated carbocycles. The molecule has 1 aliphatic rings. The van der Waals surface area contributed by atoms with Crippen molar-refractivity contribution in [2.45, 2.75) is 30.6 Å².